The number of carbonyl (C=O) groups excluding carboxylic acids is 2. The second-order valence-corrected chi connectivity index (χ2v) is 7.79. The molecule has 2 aliphatic heterocycles. The molecule has 6 heteroatoms. The van der Waals surface area contributed by atoms with Crippen molar-refractivity contribution < 1.29 is 14.3 Å². The summed E-state index contributed by atoms with van der Waals surface area (Å²) in [6.45, 7) is 6.41. The van der Waals surface area contributed by atoms with Crippen LogP contribution in [0.15, 0.2) is 22.7 Å². The third-order valence-electron chi connectivity index (χ3n) is 4.10. The van der Waals surface area contributed by atoms with Gasteiger partial charge in [-0.15, -0.1) is 0 Å². The first-order valence-corrected chi connectivity index (χ1v) is 8.10. The molecule has 0 saturated carbocycles. The summed E-state index contributed by atoms with van der Waals surface area (Å²) in [4.78, 5) is 26.4. The van der Waals surface area contributed by atoms with E-state index in [2.05, 4.69) is 21.2 Å². The van der Waals surface area contributed by atoms with Gasteiger partial charge in [0, 0.05) is 23.2 Å². The van der Waals surface area contributed by atoms with E-state index in [9.17, 15) is 9.59 Å². The van der Waals surface area contributed by atoms with Crippen LogP contribution in [0.5, 0.6) is 0 Å². The lowest BCUT2D eigenvalue weighted by Gasteiger charge is -2.26. The van der Waals surface area contributed by atoms with Gasteiger partial charge in [-0.2, -0.15) is 0 Å². The van der Waals surface area contributed by atoms with E-state index in [1.165, 1.54) is 0 Å². The molecule has 2 amide bonds. The van der Waals surface area contributed by atoms with Gasteiger partial charge in [-0.05, 0) is 44.9 Å². The Morgan fingerprint density at radius 2 is 2.14 bits per heavy atom. The molecule has 2 aliphatic rings. The Morgan fingerprint density at radius 3 is 2.82 bits per heavy atom. The minimum Gasteiger partial charge on any atom is -0.444 e. The Balaban J connectivity index is 1.85. The summed E-state index contributed by atoms with van der Waals surface area (Å²) in [7, 11) is 0. The second-order valence-electron chi connectivity index (χ2n) is 6.88. The number of halogens is 1. The summed E-state index contributed by atoms with van der Waals surface area (Å²) in [5.74, 6) is -0.0355. The molecule has 1 aromatic rings. The molecule has 1 atom stereocenters. The summed E-state index contributed by atoms with van der Waals surface area (Å²) < 4.78 is 6.34. The normalized spacial score (nSPS) is 23.6. The van der Waals surface area contributed by atoms with E-state index < -0.39 is 11.0 Å². The number of likely N-dealkylation sites (tertiary alicyclic amines) is 1. The number of hydrogen-bond acceptors (Lipinski definition) is 3. The minimum atomic E-state index is -0.646. The maximum absolute atomic E-state index is 12.5. The van der Waals surface area contributed by atoms with Crippen molar-refractivity contribution in [2.24, 2.45) is 0 Å². The summed E-state index contributed by atoms with van der Waals surface area (Å²) >= 11 is 3.41. The lowest BCUT2D eigenvalue weighted by atomic mass is 9.81. The molecule has 1 spiro atoms. The van der Waals surface area contributed by atoms with Gasteiger partial charge in [0.05, 0.1) is 5.41 Å². The van der Waals surface area contributed by atoms with E-state index in [0.717, 1.165) is 15.7 Å². The largest absolute Gasteiger partial charge is 0.444 e. The zero-order valence-electron chi connectivity index (χ0n) is 12.9. The van der Waals surface area contributed by atoms with Gasteiger partial charge < -0.3 is 15.0 Å². The van der Waals surface area contributed by atoms with Crippen LogP contribution in [0.25, 0.3) is 0 Å². The van der Waals surface area contributed by atoms with Crippen LogP contribution in [0, 0.1) is 0 Å². The van der Waals surface area contributed by atoms with E-state index in [0.29, 0.717) is 19.5 Å². The maximum atomic E-state index is 12.5. The van der Waals surface area contributed by atoms with Gasteiger partial charge >= 0.3 is 6.09 Å². The first-order chi connectivity index (χ1) is 10.2. The molecular formula is C16H19BrN2O3. The van der Waals surface area contributed by atoms with Crippen molar-refractivity contribution in [2.45, 2.75) is 38.2 Å². The van der Waals surface area contributed by atoms with Crippen LogP contribution >= 0.6 is 15.9 Å². The molecular weight excluding hydrogens is 348 g/mol. The van der Waals surface area contributed by atoms with Gasteiger partial charge in [-0.25, -0.2) is 4.79 Å². The number of nitrogens with one attached hydrogen (secondary N) is 1. The zero-order chi connectivity index (χ0) is 16.1. The highest BCUT2D eigenvalue weighted by Gasteiger charge is 2.52. The van der Waals surface area contributed by atoms with Crippen molar-refractivity contribution in [3.8, 4) is 0 Å². The van der Waals surface area contributed by atoms with Gasteiger partial charge in [0.1, 0.15) is 5.60 Å². The third kappa shape index (κ3) is 2.49. The predicted octanol–water partition coefficient (Wildman–Crippen LogP) is 3.28. The van der Waals surface area contributed by atoms with Crippen LogP contribution < -0.4 is 5.32 Å². The van der Waals surface area contributed by atoms with E-state index >= 15 is 0 Å². The molecule has 0 radical (unpaired) electrons. The number of anilines is 1. The second kappa shape index (κ2) is 4.98. The molecule has 22 heavy (non-hydrogen) atoms. The van der Waals surface area contributed by atoms with Crippen LogP contribution in [-0.4, -0.2) is 35.6 Å². The highest BCUT2D eigenvalue weighted by atomic mass is 79.9. The highest BCUT2D eigenvalue weighted by Crippen LogP contribution is 2.45. The van der Waals surface area contributed by atoms with Gasteiger partial charge in [0.15, 0.2) is 0 Å². The van der Waals surface area contributed by atoms with Crippen LogP contribution in [0.1, 0.15) is 32.8 Å². The Hall–Kier alpha value is -1.56. The molecule has 3 rings (SSSR count). The van der Waals surface area contributed by atoms with Crippen LogP contribution in [0.2, 0.25) is 0 Å². The molecule has 5 nitrogen and oxygen atoms in total. The van der Waals surface area contributed by atoms with Crippen molar-refractivity contribution in [3.63, 3.8) is 0 Å². The molecule has 1 fully saturated rings. The molecule has 1 aromatic carbocycles. The smallest absolute Gasteiger partial charge is 0.410 e. The monoisotopic (exact) mass is 366 g/mol. The summed E-state index contributed by atoms with van der Waals surface area (Å²) in [6, 6.07) is 5.78. The molecule has 2 heterocycles. The van der Waals surface area contributed by atoms with Gasteiger partial charge in [-0.1, -0.05) is 22.0 Å². The molecule has 0 aromatic heterocycles. The number of ether oxygens (including phenoxy) is 1. The standard InChI is InChI=1S/C16H19BrN2O3/c1-15(2,3)22-14(21)19-7-6-16(9-19)11-5-4-10(17)8-12(11)18-13(16)20/h4-5,8H,6-7,9H2,1-3H3,(H,18,20)/t16-/m1/s1. The van der Waals surface area contributed by atoms with Crippen LogP contribution in [-0.2, 0) is 14.9 Å². The molecule has 0 aliphatic carbocycles. The fourth-order valence-electron chi connectivity index (χ4n) is 3.10. The first kappa shape index (κ1) is 15.3. The van der Waals surface area contributed by atoms with Gasteiger partial charge in [0.25, 0.3) is 0 Å². The Kier molecular flexibility index (Phi) is 3.47. The SMILES string of the molecule is CC(C)(C)OC(=O)N1CC[C@]2(C1)C(=O)Nc1cc(Br)ccc12. The van der Waals surface area contributed by atoms with Gasteiger partial charge in [-0.3, -0.25) is 4.79 Å². The van der Waals surface area contributed by atoms with Crippen LogP contribution in [0.3, 0.4) is 0 Å². The number of benzene rings is 1. The Morgan fingerprint density at radius 1 is 1.41 bits per heavy atom. The Bertz CT molecular complexity index is 653. The lowest BCUT2D eigenvalue weighted by Crippen LogP contribution is -2.41. The third-order valence-corrected chi connectivity index (χ3v) is 4.59. The van der Waals surface area contributed by atoms with E-state index in [-0.39, 0.29) is 12.0 Å². The van der Waals surface area contributed by atoms with Crippen LogP contribution in [0.4, 0.5) is 10.5 Å². The minimum absolute atomic E-state index is 0.0355. The highest BCUT2D eigenvalue weighted by molar-refractivity contribution is 9.10. The molecule has 1 N–H and O–H groups in total. The topological polar surface area (TPSA) is 58.6 Å². The summed E-state index contributed by atoms with van der Waals surface area (Å²) in [5.41, 5.74) is 0.609. The average molecular weight is 367 g/mol. The zero-order valence-corrected chi connectivity index (χ0v) is 14.5. The van der Waals surface area contributed by atoms with Crippen molar-refractivity contribution in [1.29, 1.82) is 0 Å². The molecule has 0 bridgehead atoms. The molecule has 118 valence electrons. The van der Waals surface area contributed by atoms with E-state index in [1.807, 2.05) is 39.0 Å². The van der Waals surface area contributed by atoms with Crippen molar-refractivity contribution in [2.75, 3.05) is 18.4 Å². The number of nitrogens with zero attached hydrogens (tertiary/aromatic N) is 1. The predicted molar refractivity (Wildman–Crippen MR) is 86.9 cm³/mol. The number of amides is 2. The number of fused-ring (bicyclic) bond motifs is 2. The lowest BCUT2D eigenvalue weighted by molar-refractivity contribution is -0.120. The number of rotatable bonds is 0. The van der Waals surface area contributed by atoms with Crippen molar-refractivity contribution in [3.05, 3.63) is 28.2 Å². The fraction of sp³-hybridized carbons (Fsp3) is 0.500. The summed E-state index contributed by atoms with van der Waals surface area (Å²) in [6.07, 6.45) is 0.259. The number of carbonyl (C=O) groups is 2. The average Bonchev–Trinajstić information content (AvgIpc) is 2.92. The fourth-order valence-corrected chi connectivity index (χ4v) is 3.46. The van der Waals surface area contributed by atoms with Crippen molar-refractivity contribution >= 4 is 33.6 Å². The number of hydrogen-bond donors (Lipinski definition) is 1. The van der Waals surface area contributed by atoms with E-state index in [1.54, 1.807) is 4.90 Å². The maximum Gasteiger partial charge on any atom is 0.410 e. The summed E-state index contributed by atoms with van der Waals surface area (Å²) in [5, 5.41) is 2.93. The first-order valence-electron chi connectivity index (χ1n) is 7.31. The molecule has 0 unspecified atom stereocenters. The quantitative estimate of drug-likeness (QED) is 0.766. The van der Waals surface area contributed by atoms with Crippen molar-refractivity contribution in [1.82, 2.24) is 4.90 Å². The Labute approximate surface area is 138 Å². The van der Waals surface area contributed by atoms with E-state index in [4.69, 9.17) is 4.74 Å². The molecule has 1 saturated heterocycles. The van der Waals surface area contributed by atoms with Gasteiger partial charge in [0.2, 0.25) is 5.91 Å².